The van der Waals surface area contributed by atoms with Crippen molar-refractivity contribution in [2.24, 2.45) is 0 Å². The van der Waals surface area contributed by atoms with E-state index in [0.29, 0.717) is 6.42 Å². The predicted molar refractivity (Wildman–Crippen MR) is 37.0 cm³/mol. The van der Waals surface area contributed by atoms with Crippen molar-refractivity contribution in [2.75, 3.05) is 0 Å². The van der Waals surface area contributed by atoms with E-state index >= 15 is 0 Å². The van der Waals surface area contributed by atoms with Crippen molar-refractivity contribution in [3.63, 3.8) is 0 Å². The van der Waals surface area contributed by atoms with Gasteiger partial charge in [-0.2, -0.15) is 0 Å². The summed E-state index contributed by atoms with van der Waals surface area (Å²) in [6.45, 7) is 0. The maximum Gasteiger partial charge on any atom is 0.230 e. The second-order valence-corrected chi connectivity index (χ2v) is 3.39. The Hall–Kier alpha value is -0.770. The Morgan fingerprint density at radius 1 is 1.60 bits per heavy atom. The highest BCUT2D eigenvalue weighted by Gasteiger charge is 2.38. The first-order chi connectivity index (χ1) is 4.77. The zero-order valence-electron chi connectivity index (χ0n) is 5.11. The van der Waals surface area contributed by atoms with Crippen molar-refractivity contribution in [3.8, 4) is 0 Å². The van der Waals surface area contributed by atoms with Crippen LogP contribution in [0, 0.1) is 0 Å². The third kappa shape index (κ3) is 0.686. The van der Waals surface area contributed by atoms with Gasteiger partial charge in [-0.1, -0.05) is 11.8 Å². The molecule has 0 aromatic carbocycles. The fraction of sp³-hybridized carbons (Fsp3) is 0.333. The van der Waals surface area contributed by atoms with Gasteiger partial charge in [-0.3, -0.25) is 9.59 Å². The van der Waals surface area contributed by atoms with E-state index in [-0.39, 0.29) is 16.4 Å². The second-order valence-electron chi connectivity index (χ2n) is 2.21. The predicted octanol–water partition coefficient (Wildman–Crippen LogP) is 0.332. The minimum Gasteiger partial charge on any atom is -0.305 e. The summed E-state index contributed by atoms with van der Waals surface area (Å²) in [4.78, 5) is 23.0. The molecule has 2 heterocycles. The molecule has 1 fully saturated rings. The highest BCUT2D eigenvalue weighted by atomic mass is 32.2. The number of hydrogen-bond acceptors (Lipinski definition) is 3. The van der Waals surface area contributed by atoms with Gasteiger partial charge in [-0.05, 0) is 0 Å². The van der Waals surface area contributed by atoms with E-state index in [4.69, 9.17) is 0 Å². The monoisotopic (exact) mass is 155 g/mol. The largest absolute Gasteiger partial charge is 0.305 e. The lowest BCUT2D eigenvalue weighted by Crippen LogP contribution is -2.48. The number of amides is 1. The van der Waals surface area contributed by atoms with Crippen molar-refractivity contribution >= 4 is 22.8 Å². The summed E-state index contributed by atoms with van der Waals surface area (Å²) < 4.78 is 0. The Labute approximate surface area is 62.1 Å². The fourth-order valence-corrected chi connectivity index (χ4v) is 1.93. The van der Waals surface area contributed by atoms with Crippen molar-refractivity contribution < 1.29 is 9.59 Å². The van der Waals surface area contributed by atoms with Gasteiger partial charge in [0.25, 0.3) is 0 Å². The first kappa shape index (κ1) is 5.97. The van der Waals surface area contributed by atoms with E-state index in [9.17, 15) is 9.59 Å². The van der Waals surface area contributed by atoms with Crippen LogP contribution in [0.3, 0.4) is 0 Å². The standard InChI is InChI=1S/C6H5NO2S/c8-4-3-5-7(4)2-1-6(9)10-5/h1-2,5H,3H2. The molecule has 0 N–H and O–H groups in total. The van der Waals surface area contributed by atoms with Crippen LogP contribution in [0.1, 0.15) is 6.42 Å². The molecule has 0 saturated carbocycles. The van der Waals surface area contributed by atoms with Crippen molar-refractivity contribution in [1.82, 2.24) is 4.90 Å². The highest BCUT2D eigenvalue weighted by molar-refractivity contribution is 8.14. The Bertz CT molecular complexity index is 236. The van der Waals surface area contributed by atoms with Gasteiger partial charge in [0.1, 0.15) is 0 Å². The van der Waals surface area contributed by atoms with Gasteiger partial charge >= 0.3 is 0 Å². The molecule has 0 bridgehead atoms. The molecule has 2 aliphatic heterocycles. The van der Waals surface area contributed by atoms with Crippen molar-refractivity contribution in [1.29, 1.82) is 0 Å². The number of hydrogen-bond donors (Lipinski definition) is 0. The van der Waals surface area contributed by atoms with E-state index in [1.807, 2.05) is 0 Å². The number of thioether (sulfide) groups is 1. The first-order valence-electron chi connectivity index (χ1n) is 2.97. The highest BCUT2D eigenvalue weighted by Crippen LogP contribution is 2.33. The minimum atomic E-state index is 0.0498. The molecule has 2 aliphatic rings. The molecular formula is C6H5NO2S. The Morgan fingerprint density at radius 2 is 2.40 bits per heavy atom. The van der Waals surface area contributed by atoms with E-state index in [0.717, 1.165) is 0 Å². The van der Waals surface area contributed by atoms with E-state index in [2.05, 4.69) is 0 Å². The number of fused-ring (bicyclic) bond motifs is 1. The topological polar surface area (TPSA) is 37.4 Å². The normalized spacial score (nSPS) is 30.0. The Balaban J connectivity index is 2.21. The van der Waals surface area contributed by atoms with Crippen LogP contribution in [0.25, 0.3) is 0 Å². The summed E-state index contributed by atoms with van der Waals surface area (Å²) in [7, 11) is 0. The third-order valence-corrected chi connectivity index (χ3v) is 2.61. The van der Waals surface area contributed by atoms with Crippen LogP contribution >= 0.6 is 11.8 Å². The van der Waals surface area contributed by atoms with Gasteiger partial charge in [0.05, 0.1) is 11.8 Å². The van der Waals surface area contributed by atoms with Gasteiger partial charge in [0, 0.05) is 12.3 Å². The zero-order chi connectivity index (χ0) is 7.14. The molecule has 10 heavy (non-hydrogen) atoms. The molecule has 52 valence electrons. The number of carbonyl (C=O) groups is 2. The summed E-state index contributed by atoms with van der Waals surface area (Å²) in [5.41, 5.74) is 0. The number of carbonyl (C=O) groups excluding carboxylic acids is 2. The molecule has 1 atom stereocenters. The summed E-state index contributed by atoms with van der Waals surface area (Å²) in [6, 6.07) is 0. The fourth-order valence-electron chi connectivity index (χ4n) is 0.993. The first-order valence-corrected chi connectivity index (χ1v) is 3.85. The molecule has 0 spiro atoms. The summed E-state index contributed by atoms with van der Waals surface area (Å²) in [6.07, 6.45) is 3.51. The van der Waals surface area contributed by atoms with E-state index in [1.54, 1.807) is 11.1 Å². The van der Waals surface area contributed by atoms with Gasteiger partial charge in [0.2, 0.25) is 11.0 Å². The molecule has 0 radical (unpaired) electrons. The maximum atomic E-state index is 10.7. The molecule has 1 unspecified atom stereocenters. The Morgan fingerprint density at radius 3 is 3.00 bits per heavy atom. The van der Waals surface area contributed by atoms with Crippen LogP contribution in [0.2, 0.25) is 0 Å². The van der Waals surface area contributed by atoms with Crippen molar-refractivity contribution in [3.05, 3.63) is 12.3 Å². The van der Waals surface area contributed by atoms with E-state index < -0.39 is 0 Å². The lowest BCUT2D eigenvalue weighted by Gasteiger charge is -2.38. The minimum absolute atomic E-state index is 0.0498. The lowest BCUT2D eigenvalue weighted by molar-refractivity contribution is -0.137. The van der Waals surface area contributed by atoms with Crippen LogP contribution in [-0.4, -0.2) is 21.3 Å². The third-order valence-electron chi connectivity index (χ3n) is 1.57. The molecule has 0 aromatic heterocycles. The molecule has 2 rings (SSSR count). The lowest BCUT2D eigenvalue weighted by atomic mass is 10.2. The average molecular weight is 155 g/mol. The van der Waals surface area contributed by atoms with Crippen molar-refractivity contribution in [2.45, 2.75) is 11.8 Å². The molecule has 1 amide bonds. The van der Waals surface area contributed by atoms with Crippen LogP contribution in [-0.2, 0) is 9.59 Å². The van der Waals surface area contributed by atoms with Crippen LogP contribution in [0.4, 0.5) is 0 Å². The summed E-state index contributed by atoms with van der Waals surface area (Å²) in [5.74, 6) is 0.112. The summed E-state index contributed by atoms with van der Waals surface area (Å²) >= 11 is 1.22. The molecular weight excluding hydrogens is 150 g/mol. The zero-order valence-corrected chi connectivity index (χ0v) is 5.93. The quantitative estimate of drug-likeness (QED) is 0.473. The molecule has 0 aliphatic carbocycles. The van der Waals surface area contributed by atoms with Crippen LogP contribution < -0.4 is 0 Å². The molecule has 1 saturated heterocycles. The second kappa shape index (κ2) is 1.85. The number of nitrogens with zero attached hydrogens (tertiary/aromatic N) is 1. The summed E-state index contributed by atoms with van der Waals surface area (Å²) in [5, 5.41) is 0.152. The average Bonchev–Trinajstić information content (AvgIpc) is 1.86. The van der Waals surface area contributed by atoms with Gasteiger partial charge < -0.3 is 4.90 Å². The SMILES string of the molecule is O=C1C=CN2C(=O)CC2S1. The molecule has 0 aromatic rings. The van der Waals surface area contributed by atoms with Gasteiger partial charge in [-0.15, -0.1) is 0 Å². The van der Waals surface area contributed by atoms with E-state index in [1.165, 1.54) is 17.8 Å². The van der Waals surface area contributed by atoms with Crippen LogP contribution in [0.15, 0.2) is 12.3 Å². The van der Waals surface area contributed by atoms with Gasteiger partial charge in [-0.25, -0.2) is 0 Å². The number of rotatable bonds is 0. The van der Waals surface area contributed by atoms with Crippen LogP contribution in [0.5, 0.6) is 0 Å². The molecule has 4 heteroatoms. The molecule has 3 nitrogen and oxygen atoms in total. The number of β-lactam (4-membered cyclic amide) rings is 1. The Kier molecular flexibility index (Phi) is 1.11. The maximum absolute atomic E-state index is 10.7. The smallest absolute Gasteiger partial charge is 0.230 e. The van der Waals surface area contributed by atoms with Gasteiger partial charge in [0.15, 0.2) is 0 Å².